The van der Waals surface area contributed by atoms with Gasteiger partial charge in [0, 0.05) is 11.5 Å². The van der Waals surface area contributed by atoms with Crippen LogP contribution in [-0.4, -0.2) is 35.2 Å². The van der Waals surface area contributed by atoms with E-state index in [0.29, 0.717) is 11.1 Å². The van der Waals surface area contributed by atoms with Gasteiger partial charge in [-0.3, -0.25) is 15.1 Å². The third-order valence-electron chi connectivity index (χ3n) is 6.38. The summed E-state index contributed by atoms with van der Waals surface area (Å²) in [5.74, 6) is -0.920. The Kier molecular flexibility index (Phi) is 5.40. The highest BCUT2D eigenvalue weighted by molar-refractivity contribution is 6.35. The van der Waals surface area contributed by atoms with Gasteiger partial charge in [-0.15, -0.1) is 0 Å². The van der Waals surface area contributed by atoms with E-state index in [4.69, 9.17) is 28.0 Å². The van der Waals surface area contributed by atoms with Gasteiger partial charge in [0.05, 0.1) is 28.8 Å². The van der Waals surface area contributed by atoms with Gasteiger partial charge in [-0.1, -0.05) is 47.5 Å². The number of likely N-dealkylation sites (tertiary alicyclic amines) is 1. The molecular weight excluding hydrogens is 499 g/mol. The molecule has 3 aliphatic rings. The van der Waals surface area contributed by atoms with Crippen molar-refractivity contribution in [3.63, 3.8) is 0 Å². The van der Waals surface area contributed by atoms with Crippen LogP contribution in [0.1, 0.15) is 29.5 Å². The van der Waals surface area contributed by atoms with Crippen molar-refractivity contribution in [2.24, 2.45) is 5.92 Å². The smallest absolute Gasteiger partial charge is 0.381 e. The molecule has 1 saturated heterocycles. The van der Waals surface area contributed by atoms with E-state index in [1.165, 1.54) is 12.1 Å². The van der Waals surface area contributed by atoms with Crippen LogP contribution in [-0.2, 0) is 20.8 Å². The molecule has 0 aromatic heterocycles. The molecule has 1 amide bonds. The van der Waals surface area contributed by atoms with Gasteiger partial charge >= 0.3 is 6.18 Å². The molecule has 34 heavy (non-hydrogen) atoms. The molecule has 5 rings (SSSR count). The largest absolute Gasteiger partial charge is 0.428 e. The van der Waals surface area contributed by atoms with Gasteiger partial charge in [-0.05, 0) is 42.2 Å². The first kappa shape index (κ1) is 23.4. The zero-order valence-corrected chi connectivity index (χ0v) is 18.9. The van der Waals surface area contributed by atoms with E-state index >= 15 is 0 Å². The number of nitrogens with zero attached hydrogens (tertiary/aromatic N) is 1. The van der Waals surface area contributed by atoms with Crippen LogP contribution in [0.15, 0.2) is 42.5 Å². The minimum atomic E-state index is -4.93. The van der Waals surface area contributed by atoms with Crippen molar-refractivity contribution >= 4 is 34.8 Å². The number of benzene rings is 2. The number of hydroxylamine groups is 1. The van der Waals surface area contributed by atoms with Gasteiger partial charge in [0.15, 0.2) is 5.82 Å². The van der Waals surface area contributed by atoms with Crippen molar-refractivity contribution in [3.05, 3.63) is 75.0 Å². The lowest BCUT2D eigenvalue weighted by molar-refractivity contribution is -0.269. The Balaban J connectivity index is 1.41. The number of aliphatic hydroxyl groups is 1. The molecular formula is C23H18Cl2F4N2O3. The lowest BCUT2D eigenvalue weighted by Crippen LogP contribution is -2.61. The molecule has 11 heteroatoms. The molecule has 1 aliphatic carbocycles. The molecule has 0 radical (unpaired) electrons. The average Bonchev–Trinajstić information content (AvgIpc) is 3.51. The normalized spacial score (nSPS) is 23.9. The quantitative estimate of drug-likeness (QED) is 0.448. The summed E-state index contributed by atoms with van der Waals surface area (Å²) in [6, 6.07) is 7.91. The van der Waals surface area contributed by atoms with E-state index in [9.17, 15) is 27.5 Å². The maximum atomic E-state index is 14.1. The van der Waals surface area contributed by atoms with Gasteiger partial charge in [0.1, 0.15) is 5.60 Å². The predicted molar refractivity (Wildman–Crippen MR) is 116 cm³/mol. The molecule has 2 aliphatic heterocycles. The number of carbonyl (C=O) groups is 1. The summed E-state index contributed by atoms with van der Waals surface area (Å²) in [5.41, 5.74) is -1.40. The molecule has 2 heterocycles. The summed E-state index contributed by atoms with van der Waals surface area (Å²) in [6.07, 6.45) is -2.34. The standard InChI is InChI=1S/C23H18Cl2F4N2O3/c24-16-7-15(8-17(25)19(16)26)22(23(27,28)29)9-18(30-34-22)12-3-5-14(6-4-12)21(33)10-31(11-21)20(32)13-1-2-13/h3-9,13,30,33H,1-2,10-11H2. The topological polar surface area (TPSA) is 61.8 Å². The summed E-state index contributed by atoms with van der Waals surface area (Å²) in [6.45, 7) is 0.351. The zero-order chi connectivity index (χ0) is 24.5. The van der Waals surface area contributed by atoms with Gasteiger partial charge in [-0.2, -0.15) is 13.2 Å². The second-order valence-electron chi connectivity index (χ2n) is 8.83. The third-order valence-corrected chi connectivity index (χ3v) is 6.93. The highest BCUT2D eigenvalue weighted by atomic mass is 35.5. The summed E-state index contributed by atoms with van der Waals surface area (Å²) in [4.78, 5) is 18.7. The summed E-state index contributed by atoms with van der Waals surface area (Å²) in [7, 11) is 0. The van der Waals surface area contributed by atoms with Crippen LogP contribution in [0, 0.1) is 11.7 Å². The van der Waals surface area contributed by atoms with E-state index in [2.05, 4.69) is 5.48 Å². The van der Waals surface area contributed by atoms with Crippen LogP contribution < -0.4 is 5.48 Å². The van der Waals surface area contributed by atoms with Crippen LogP contribution in [0.2, 0.25) is 10.0 Å². The number of halogens is 6. The fourth-order valence-corrected chi connectivity index (χ4v) is 4.71. The molecule has 1 atom stereocenters. The van der Waals surface area contributed by atoms with Crippen molar-refractivity contribution in [1.82, 2.24) is 10.4 Å². The number of hydrogen-bond acceptors (Lipinski definition) is 4. The first-order valence-corrected chi connectivity index (χ1v) is 11.2. The molecule has 2 fully saturated rings. The first-order chi connectivity index (χ1) is 15.9. The number of nitrogens with one attached hydrogen (secondary N) is 1. The Morgan fingerprint density at radius 3 is 2.21 bits per heavy atom. The number of alkyl halides is 3. The maximum Gasteiger partial charge on any atom is 0.428 e. The van der Waals surface area contributed by atoms with E-state index in [1.54, 1.807) is 17.0 Å². The molecule has 180 valence electrons. The molecule has 1 saturated carbocycles. The second kappa shape index (κ2) is 7.84. The van der Waals surface area contributed by atoms with Crippen molar-refractivity contribution < 1.29 is 32.3 Å². The summed E-state index contributed by atoms with van der Waals surface area (Å²) in [5, 5.41) is 9.69. The molecule has 2 N–H and O–H groups in total. The van der Waals surface area contributed by atoms with E-state index in [1.807, 2.05) is 0 Å². The highest BCUT2D eigenvalue weighted by Gasteiger charge is 2.60. The highest BCUT2D eigenvalue weighted by Crippen LogP contribution is 2.49. The number of hydrogen-bond donors (Lipinski definition) is 2. The number of rotatable bonds is 4. The molecule has 2 aromatic rings. The van der Waals surface area contributed by atoms with Crippen molar-refractivity contribution in [1.29, 1.82) is 0 Å². The van der Waals surface area contributed by atoms with Crippen LogP contribution in [0.4, 0.5) is 17.6 Å². The first-order valence-electron chi connectivity index (χ1n) is 10.4. The van der Waals surface area contributed by atoms with Gasteiger partial charge in [0.25, 0.3) is 0 Å². The number of amides is 1. The van der Waals surface area contributed by atoms with Gasteiger partial charge in [-0.25, -0.2) is 4.39 Å². The Morgan fingerprint density at radius 1 is 1.09 bits per heavy atom. The van der Waals surface area contributed by atoms with Crippen LogP contribution in [0.5, 0.6) is 0 Å². The molecule has 0 bridgehead atoms. The second-order valence-corrected chi connectivity index (χ2v) is 9.64. The Hall–Kier alpha value is -2.33. The Bertz CT molecular complexity index is 1170. The maximum absolute atomic E-state index is 14.1. The monoisotopic (exact) mass is 516 g/mol. The van der Waals surface area contributed by atoms with Gasteiger partial charge in [0.2, 0.25) is 11.5 Å². The summed E-state index contributed by atoms with van der Waals surface area (Å²) < 4.78 is 56.2. The zero-order valence-electron chi connectivity index (χ0n) is 17.4. The molecule has 5 nitrogen and oxygen atoms in total. The Morgan fingerprint density at radius 2 is 1.68 bits per heavy atom. The van der Waals surface area contributed by atoms with Crippen LogP contribution in [0.25, 0.3) is 5.70 Å². The van der Waals surface area contributed by atoms with Crippen molar-refractivity contribution in [2.75, 3.05) is 13.1 Å². The molecule has 2 aromatic carbocycles. The van der Waals surface area contributed by atoms with E-state index < -0.39 is 38.8 Å². The van der Waals surface area contributed by atoms with Crippen LogP contribution in [0.3, 0.4) is 0 Å². The van der Waals surface area contributed by atoms with E-state index in [0.717, 1.165) is 31.1 Å². The number of β-amino-alcohol motifs (C(OH)–C–C–N with tert-alkyl or cyclic N) is 1. The lowest BCUT2D eigenvalue weighted by atomic mass is 9.85. The molecule has 0 spiro atoms. The predicted octanol–water partition coefficient (Wildman–Crippen LogP) is 4.91. The van der Waals surface area contributed by atoms with Crippen molar-refractivity contribution in [2.45, 2.75) is 30.2 Å². The van der Waals surface area contributed by atoms with Crippen molar-refractivity contribution in [3.8, 4) is 0 Å². The lowest BCUT2D eigenvalue weighted by Gasteiger charge is -2.47. The fourth-order valence-electron chi connectivity index (χ4n) is 4.23. The van der Waals surface area contributed by atoms with Crippen LogP contribution >= 0.6 is 23.2 Å². The molecule has 1 unspecified atom stereocenters. The van der Waals surface area contributed by atoms with Gasteiger partial charge < -0.3 is 10.0 Å². The SMILES string of the molecule is O=C(C1CC1)N1CC(O)(c2ccc(C3=CC(c4cc(Cl)c(F)c(Cl)c4)(C(F)(F)F)ON3)cc2)C1. The Labute approximate surface area is 201 Å². The average molecular weight is 517 g/mol. The fraction of sp³-hybridized carbons (Fsp3) is 0.348. The number of carbonyl (C=O) groups excluding carboxylic acids is 1. The minimum Gasteiger partial charge on any atom is -0.381 e. The van der Waals surface area contributed by atoms with E-state index in [-0.39, 0.29) is 30.6 Å². The summed E-state index contributed by atoms with van der Waals surface area (Å²) >= 11 is 11.4. The minimum absolute atomic E-state index is 0.0200. The third kappa shape index (κ3) is 3.75.